The summed E-state index contributed by atoms with van der Waals surface area (Å²) in [6, 6.07) is 3.90. The Balaban J connectivity index is 2.38. The van der Waals surface area contributed by atoms with Crippen molar-refractivity contribution in [1.82, 2.24) is 14.9 Å². The number of aromatic nitrogens is 2. The fourth-order valence-corrected chi connectivity index (χ4v) is 2.06. The second kappa shape index (κ2) is 5.73. The topological polar surface area (TPSA) is 87.1 Å². The molecule has 2 rings (SSSR count). The number of benzene rings is 1. The molecule has 1 heterocycles. The van der Waals surface area contributed by atoms with Crippen molar-refractivity contribution in [1.29, 1.82) is 0 Å². The number of hydrogen-bond donors (Lipinski definition) is 3. The van der Waals surface area contributed by atoms with E-state index in [1.807, 2.05) is 0 Å². The zero-order chi connectivity index (χ0) is 17.4. The van der Waals surface area contributed by atoms with Crippen molar-refractivity contribution in [3.05, 3.63) is 34.2 Å². The van der Waals surface area contributed by atoms with E-state index in [-0.39, 0.29) is 23.2 Å². The Morgan fingerprint density at radius 1 is 1.35 bits per heavy atom. The summed E-state index contributed by atoms with van der Waals surface area (Å²) >= 11 is 0. The molecule has 9 heteroatoms. The van der Waals surface area contributed by atoms with Crippen molar-refractivity contribution < 1.29 is 23.1 Å². The number of H-pyrrole nitrogens is 1. The molecule has 0 unspecified atom stereocenters. The molecule has 0 radical (unpaired) electrons. The zero-order valence-electron chi connectivity index (χ0n) is 12.5. The number of aliphatic hydroxyl groups excluding tert-OH is 1. The Bertz CT molecular complexity index is 790. The quantitative estimate of drug-likeness (QED) is 0.791. The highest BCUT2D eigenvalue weighted by molar-refractivity contribution is 5.97. The fraction of sp³-hybridized carbons (Fsp3) is 0.429. The Labute approximate surface area is 128 Å². The van der Waals surface area contributed by atoms with E-state index in [4.69, 9.17) is 5.11 Å². The van der Waals surface area contributed by atoms with Crippen LogP contribution in [-0.4, -0.2) is 38.9 Å². The van der Waals surface area contributed by atoms with Crippen LogP contribution in [0.3, 0.4) is 0 Å². The van der Waals surface area contributed by atoms with Crippen molar-refractivity contribution in [3.63, 3.8) is 0 Å². The number of carbonyl (C=O) groups excluding carboxylic acids is 1. The van der Waals surface area contributed by atoms with Gasteiger partial charge < -0.3 is 15.4 Å². The Hall–Kier alpha value is -2.29. The normalized spacial score (nSPS) is 12.6. The summed E-state index contributed by atoms with van der Waals surface area (Å²) in [4.78, 5) is 26.0. The van der Waals surface area contributed by atoms with Gasteiger partial charge in [-0.3, -0.25) is 9.36 Å². The van der Waals surface area contributed by atoms with Gasteiger partial charge in [0.15, 0.2) is 0 Å². The van der Waals surface area contributed by atoms with Crippen LogP contribution in [-0.2, 0) is 6.54 Å². The number of rotatable bonds is 4. The minimum atomic E-state index is -4.53. The Morgan fingerprint density at radius 2 is 2.00 bits per heavy atom. The van der Waals surface area contributed by atoms with Crippen LogP contribution in [0.1, 0.15) is 24.2 Å². The number of carbonyl (C=O) groups is 1. The molecule has 23 heavy (non-hydrogen) atoms. The first-order chi connectivity index (χ1) is 10.5. The van der Waals surface area contributed by atoms with E-state index in [1.165, 1.54) is 18.2 Å². The number of amides is 1. The molecule has 2 aromatic rings. The molecular weight excluding hydrogens is 315 g/mol. The molecule has 1 aromatic heterocycles. The Morgan fingerprint density at radius 3 is 2.57 bits per heavy atom. The summed E-state index contributed by atoms with van der Waals surface area (Å²) in [6.45, 7) is 1.55. The lowest BCUT2D eigenvalue weighted by molar-refractivity contribution is -0.140. The fourth-order valence-electron chi connectivity index (χ4n) is 2.06. The Kier molecular flexibility index (Phi) is 4.25. The predicted molar refractivity (Wildman–Crippen MR) is 77.2 cm³/mol. The highest BCUT2D eigenvalue weighted by Gasteiger charge is 2.30. The third kappa shape index (κ3) is 3.92. The average molecular weight is 331 g/mol. The van der Waals surface area contributed by atoms with Gasteiger partial charge in [0.25, 0.3) is 5.91 Å². The molecule has 0 aliphatic carbocycles. The van der Waals surface area contributed by atoms with Gasteiger partial charge in [-0.1, -0.05) is 0 Å². The molecule has 0 bridgehead atoms. The van der Waals surface area contributed by atoms with E-state index in [0.717, 1.165) is 0 Å². The lowest BCUT2D eigenvalue weighted by Gasteiger charge is -2.23. The van der Waals surface area contributed by atoms with Crippen molar-refractivity contribution >= 4 is 16.9 Å². The van der Waals surface area contributed by atoms with Gasteiger partial charge in [0.05, 0.1) is 23.2 Å². The van der Waals surface area contributed by atoms with Gasteiger partial charge in [-0.05, 0) is 32.0 Å². The van der Waals surface area contributed by atoms with Gasteiger partial charge in [0.1, 0.15) is 6.54 Å². The van der Waals surface area contributed by atoms with E-state index in [2.05, 4.69) is 10.3 Å². The molecule has 126 valence electrons. The van der Waals surface area contributed by atoms with Crippen molar-refractivity contribution in [3.8, 4) is 0 Å². The second-order valence-electron chi connectivity index (χ2n) is 5.86. The smallest absolute Gasteiger partial charge is 0.394 e. The van der Waals surface area contributed by atoms with Crippen molar-refractivity contribution in [2.75, 3.05) is 6.61 Å². The molecule has 0 fully saturated rings. The second-order valence-corrected chi connectivity index (χ2v) is 5.86. The number of fused-ring (bicyclic) bond motifs is 1. The van der Waals surface area contributed by atoms with Crippen molar-refractivity contribution in [2.24, 2.45) is 0 Å². The largest absolute Gasteiger partial charge is 0.406 e. The van der Waals surface area contributed by atoms with E-state index in [0.29, 0.717) is 4.57 Å². The van der Waals surface area contributed by atoms with E-state index < -0.39 is 29.9 Å². The number of aromatic amines is 1. The summed E-state index contributed by atoms with van der Waals surface area (Å²) in [6.07, 6.45) is -4.53. The molecule has 0 aliphatic rings. The van der Waals surface area contributed by atoms with Crippen LogP contribution in [0.5, 0.6) is 0 Å². The highest BCUT2D eigenvalue weighted by atomic mass is 19.4. The van der Waals surface area contributed by atoms with Crippen LogP contribution in [0.15, 0.2) is 23.0 Å². The SMILES string of the molecule is CC(C)(CO)NC(=O)c1ccc2c(c1)[nH]c(=O)n2CC(F)(F)F. The van der Waals surface area contributed by atoms with Crippen LogP contribution in [0.25, 0.3) is 11.0 Å². The lowest BCUT2D eigenvalue weighted by Crippen LogP contribution is -2.46. The number of nitrogens with one attached hydrogen (secondary N) is 2. The van der Waals surface area contributed by atoms with Crippen LogP contribution in [0, 0.1) is 0 Å². The minimum absolute atomic E-state index is 0.0605. The van der Waals surface area contributed by atoms with Crippen molar-refractivity contribution in [2.45, 2.75) is 32.1 Å². The maximum atomic E-state index is 12.5. The van der Waals surface area contributed by atoms with E-state index in [9.17, 15) is 22.8 Å². The number of halogens is 3. The highest BCUT2D eigenvalue weighted by Crippen LogP contribution is 2.20. The first-order valence-electron chi connectivity index (χ1n) is 6.75. The van der Waals surface area contributed by atoms with Crippen LogP contribution in [0.2, 0.25) is 0 Å². The lowest BCUT2D eigenvalue weighted by atomic mass is 10.1. The van der Waals surface area contributed by atoms with Gasteiger partial charge >= 0.3 is 11.9 Å². The van der Waals surface area contributed by atoms with Gasteiger partial charge in [-0.25, -0.2) is 4.79 Å². The molecule has 0 aliphatic heterocycles. The number of aliphatic hydroxyl groups is 1. The number of nitrogens with zero attached hydrogens (tertiary/aromatic N) is 1. The van der Waals surface area contributed by atoms with E-state index >= 15 is 0 Å². The molecule has 0 saturated carbocycles. The van der Waals surface area contributed by atoms with Crippen LogP contribution < -0.4 is 11.0 Å². The average Bonchev–Trinajstić information content (AvgIpc) is 2.72. The maximum Gasteiger partial charge on any atom is 0.406 e. The first kappa shape index (κ1) is 17.1. The molecule has 0 spiro atoms. The van der Waals surface area contributed by atoms with Crippen LogP contribution in [0.4, 0.5) is 13.2 Å². The monoisotopic (exact) mass is 331 g/mol. The summed E-state index contributed by atoms with van der Waals surface area (Å²) in [5.41, 5.74) is -1.38. The molecular formula is C14H16F3N3O3. The molecule has 0 saturated heterocycles. The predicted octanol–water partition coefficient (Wildman–Crippen LogP) is 1.39. The summed E-state index contributed by atoms with van der Waals surface area (Å²) in [5, 5.41) is 11.7. The molecule has 0 atom stereocenters. The van der Waals surface area contributed by atoms with E-state index in [1.54, 1.807) is 13.8 Å². The standard InChI is InChI=1S/C14H16F3N3O3/c1-13(2,7-21)19-11(22)8-3-4-10-9(5-8)18-12(23)20(10)6-14(15,16)17/h3-5,21H,6-7H2,1-2H3,(H,18,23)(H,19,22). The van der Waals surface area contributed by atoms with Gasteiger partial charge in [-0.15, -0.1) is 0 Å². The number of hydrogen-bond acceptors (Lipinski definition) is 3. The van der Waals surface area contributed by atoms with Gasteiger partial charge in [0, 0.05) is 5.56 Å². The summed E-state index contributed by atoms with van der Waals surface area (Å²) < 4.78 is 38.1. The minimum Gasteiger partial charge on any atom is -0.394 e. The van der Waals surface area contributed by atoms with Crippen LogP contribution >= 0.6 is 0 Å². The number of imidazole rings is 1. The zero-order valence-corrected chi connectivity index (χ0v) is 12.5. The number of alkyl halides is 3. The first-order valence-corrected chi connectivity index (χ1v) is 6.75. The summed E-state index contributed by atoms with van der Waals surface area (Å²) in [5.74, 6) is -0.504. The molecule has 6 nitrogen and oxygen atoms in total. The molecule has 1 amide bonds. The van der Waals surface area contributed by atoms with Gasteiger partial charge in [-0.2, -0.15) is 13.2 Å². The third-order valence-electron chi connectivity index (χ3n) is 3.22. The third-order valence-corrected chi connectivity index (χ3v) is 3.22. The van der Waals surface area contributed by atoms with Gasteiger partial charge in [0.2, 0.25) is 0 Å². The summed E-state index contributed by atoms with van der Waals surface area (Å²) in [7, 11) is 0. The maximum absolute atomic E-state index is 12.5. The molecule has 1 aromatic carbocycles. The molecule has 3 N–H and O–H groups in total.